The van der Waals surface area contributed by atoms with Crippen molar-refractivity contribution in [3.05, 3.63) is 29.8 Å². The number of sulfonamides is 1. The molecule has 0 radical (unpaired) electrons. The van der Waals surface area contributed by atoms with Gasteiger partial charge in [0.15, 0.2) is 6.10 Å². The van der Waals surface area contributed by atoms with Crippen molar-refractivity contribution in [1.82, 2.24) is 10.6 Å². The van der Waals surface area contributed by atoms with Crippen LogP contribution in [0.25, 0.3) is 0 Å². The molecular formula is C18H25N3O6S. The molecule has 0 aliphatic heterocycles. The molecule has 1 aromatic rings. The first kappa shape index (κ1) is 21.7. The monoisotopic (exact) mass is 411 g/mol. The van der Waals surface area contributed by atoms with E-state index in [1.165, 1.54) is 31.2 Å². The Hall–Kier alpha value is -2.62. The lowest BCUT2D eigenvalue weighted by atomic mass is 9.96. The molecule has 3 amide bonds. The van der Waals surface area contributed by atoms with Gasteiger partial charge in [0, 0.05) is 11.7 Å². The number of imide groups is 1. The van der Waals surface area contributed by atoms with Crippen molar-refractivity contribution in [1.29, 1.82) is 0 Å². The number of benzene rings is 1. The molecule has 0 spiro atoms. The minimum absolute atomic E-state index is 0.0458. The highest BCUT2D eigenvalue weighted by molar-refractivity contribution is 7.92. The van der Waals surface area contributed by atoms with Crippen molar-refractivity contribution in [2.45, 2.75) is 51.2 Å². The van der Waals surface area contributed by atoms with Gasteiger partial charge in [0.05, 0.1) is 11.8 Å². The van der Waals surface area contributed by atoms with Gasteiger partial charge in [-0.1, -0.05) is 25.3 Å². The van der Waals surface area contributed by atoms with E-state index in [1.807, 2.05) is 0 Å². The summed E-state index contributed by atoms with van der Waals surface area (Å²) in [4.78, 5) is 36.2. The smallest absolute Gasteiger partial charge is 0.338 e. The molecule has 1 saturated carbocycles. The fourth-order valence-corrected chi connectivity index (χ4v) is 3.44. The molecule has 1 aliphatic rings. The number of anilines is 1. The van der Waals surface area contributed by atoms with Crippen molar-refractivity contribution < 1.29 is 27.5 Å². The molecule has 2 rings (SSSR count). The van der Waals surface area contributed by atoms with Gasteiger partial charge in [0.1, 0.15) is 0 Å². The molecule has 0 saturated heterocycles. The number of hydrogen-bond acceptors (Lipinski definition) is 6. The van der Waals surface area contributed by atoms with Gasteiger partial charge in [-0.15, -0.1) is 0 Å². The van der Waals surface area contributed by atoms with E-state index in [0.29, 0.717) is 0 Å². The summed E-state index contributed by atoms with van der Waals surface area (Å²) in [6, 6.07) is 5.11. The highest BCUT2D eigenvalue weighted by Crippen LogP contribution is 2.17. The standard InChI is InChI=1S/C18H25N3O6S/c1-12(16(22)20-18(24)19-14-8-4-3-5-9-14)27-17(23)13-7-6-10-15(11-13)21-28(2,25)26/h6-7,10-12,14,21H,3-5,8-9H2,1-2H3,(H2,19,20,22,24). The highest BCUT2D eigenvalue weighted by atomic mass is 32.2. The Balaban J connectivity index is 1.87. The van der Waals surface area contributed by atoms with Gasteiger partial charge in [0.2, 0.25) is 10.0 Å². The maximum absolute atomic E-state index is 12.2. The molecular weight excluding hydrogens is 386 g/mol. The molecule has 10 heteroatoms. The molecule has 28 heavy (non-hydrogen) atoms. The maximum Gasteiger partial charge on any atom is 0.338 e. The van der Waals surface area contributed by atoms with Crippen LogP contribution in [0, 0.1) is 0 Å². The number of nitrogens with one attached hydrogen (secondary N) is 3. The molecule has 3 N–H and O–H groups in total. The average Bonchev–Trinajstić information content (AvgIpc) is 2.61. The van der Waals surface area contributed by atoms with Gasteiger partial charge in [-0.05, 0) is 38.0 Å². The SMILES string of the molecule is CC(OC(=O)c1cccc(NS(C)(=O)=O)c1)C(=O)NC(=O)NC1CCCCC1. The first-order valence-corrected chi connectivity index (χ1v) is 10.9. The first-order valence-electron chi connectivity index (χ1n) is 9.04. The van der Waals surface area contributed by atoms with Gasteiger partial charge < -0.3 is 10.1 Å². The van der Waals surface area contributed by atoms with E-state index in [2.05, 4.69) is 15.4 Å². The summed E-state index contributed by atoms with van der Waals surface area (Å²) in [6.07, 6.45) is 4.78. The molecule has 154 valence electrons. The largest absolute Gasteiger partial charge is 0.449 e. The van der Waals surface area contributed by atoms with Crippen LogP contribution in [-0.2, 0) is 19.6 Å². The third kappa shape index (κ3) is 7.18. The van der Waals surface area contributed by atoms with Gasteiger partial charge in [-0.25, -0.2) is 18.0 Å². The van der Waals surface area contributed by atoms with Gasteiger partial charge in [-0.2, -0.15) is 0 Å². The van der Waals surface area contributed by atoms with E-state index in [1.54, 1.807) is 0 Å². The number of esters is 1. The Morgan fingerprint density at radius 2 is 1.82 bits per heavy atom. The van der Waals surface area contributed by atoms with Crippen molar-refractivity contribution in [3.8, 4) is 0 Å². The number of ether oxygens (including phenoxy) is 1. The fourth-order valence-electron chi connectivity index (χ4n) is 2.89. The predicted molar refractivity (Wildman–Crippen MR) is 103 cm³/mol. The molecule has 1 aromatic carbocycles. The Kier molecular flexibility index (Phi) is 7.38. The third-order valence-electron chi connectivity index (χ3n) is 4.23. The van der Waals surface area contributed by atoms with E-state index in [9.17, 15) is 22.8 Å². The summed E-state index contributed by atoms with van der Waals surface area (Å²) in [7, 11) is -3.49. The van der Waals surface area contributed by atoms with Crippen molar-refractivity contribution in [2.24, 2.45) is 0 Å². The zero-order valence-electron chi connectivity index (χ0n) is 15.9. The maximum atomic E-state index is 12.2. The number of hydrogen-bond donors (Lipinski definition) is 3. The number of carbonyl (C=O) groups excluding carboxylic acids is 3. The van der Waals surface area contributed by atoms with E-state index < -0.39 is 34.0 Å². The second kappa shape index (κ2) is 9.54. The highest BCUT2D eigenvalue weighted by Gasteiger charge is 2.23. The molecule has 0 heterocycles. The topological polar surface area (TPSA) is 131 Å². The quantitative estimate of drug-likeness (QED) is 0.612. The lowest BCUT2D eigenvalue weighted by Gasteiger charge is -2.23. The van der Waals surface area contributed by atoms with Crippen LogP contribution in [0.1, 0.15) is 49.4 Å². The van der Waals surface area contributed by atoms with E-state index in [0.717, 1.165) is 38.4 Å². The molecule has 1 aliphatic carbocycles. The minimum atomic E-state index is -3.49. The predicted octanol–water partition coefficient (Wildman–Crippen LogP) is 1.76. The minimum Gasteiger partial charge on any atom is -0.449 e. The van der Waals surface area contributed by atoms with Gasteiger partial charge in [-0.3, -0.25) is 14.8 Å². The molecule has 1 unspecified atom stereocenters. The number of amides is 3. The Labute approximate surface area is 164 Å². The summed E-state index contributed by atoms with van der Waals surface area (Å²) in [5, 5.41) is 4.91. The van der Waals surface area contributed by atoms with Crippen LogP contribution in [0.3, 0.4) is 0 Å². The Morgan fingerprint density at radius 1 is 1.14 bits per heavy atom. The van der Waals surface area contributed by atoms with E-state index >= 15 is 0 Å². The zero-order chi connectivity index (χ0) is 20.7. The van der Waals surface area contributed by atoms with Gasteiger partial charge >= 0.3 is 12.0 Å². The molecule has 1 fully saturated rings. The number of carbonyl (C=O) groups is 3. The lowest BCUT2D eigenvalue weighted by Crippen LogP contribution is -2.48. The Bertz CT molecular complexity index is 833. The van der Waals surface area contributed by atoms with Crippen LogP contribution in [0.2, 0.25) is 0 Å². The molecule has 0 bridgehead atoms. The summed E-state index contributed by atoms with van der Waals surface area (Å²) < 4.78 is 29.9. The first-order chi connectivity index (χ1) is 13.1. The zero-order valence-corrected chi connectivity index (χ0v) is 16.7. The molecule has 9 nitrogen and oxygen atoms in total. The van der Waals surface area contributed by atoms with Crippen molar-refractivity contribution >= 4 is 33.6 Å². The van der Waals surface area contributed by atoms with E-state index in [4.69, 9.17) is 4.74 Å². The fraction of sp³-hybridized carbons (Fsp3) is 0.500. The second-order valence-electron chi connectivity index (χ2n) is 6.80. The summed E-state index contributed by atoms with van der Waals surface area (Å²) in [6.45, 7) is 1.35. The molecule has 1 atom stereocenters. The van der Waals surface area contributed by atoms with Crippen LogP contribution in [0.4, 0.5) is 10.5 Å². The third-order valence-corrected chi connectivity index (χ3v) is 4.84. The average molecular weight is 411 g/mol. The van der Waals surface area contributed by atoms with Crippen LogP contribution >= 0.6 is 0 Å². The lowest BCUT2D eigenvalue weighted by molar-refractivity contribution is -0.127. The van der Waals surface area contributed by atoms with Crippen molar-refractivity contribution in [2.75, 3.05) is 11.0 Å². The van der Waals surface area contributed by atoms with Gasteiger partial charge in [0.25, 0.3) is 5.91 Å². The normalized spacial score (nSPS) is 15.9. The number of rotatable bonds is 6. The Morgan fingerprint density at radius 3 is 2.46 bits per heavy atom. The summed E-state index contributed by atoms with van der Waals surface area (Å²) in [5.41, 5.74) is 0.265. The summed E-state index contributed by atoms with van der Waals surface area (Å²) in [5.74, 6) is -1.56. The molecule has 0 aromatic heterocycles. The van der Waals surface area contributed by atoms with Crippen LogP contribution in [0.5, 0.6) is 0 Å². The van der Waals surface area contributed by atoms with Crippen LogP contribution < -0.4 is 15.4 Å². The second-order valence-corrected chi connectivity index (χ2v) is 8.55. The van der Waals surface area contributed by atoms with Crippen molar-refractivity contribution in [3.63, 3.8) is 0 Å². The summed E-state index contributed by atoms with van der Waals surface area (Å²) >= 11 is 0. The van der Waals surface area contributed by atoms with E-state index in [-0.39, 0.29) is 17.3 Å². The number of urea groups is 1. The van der Waals surface area contributed by atoms with Crippen LogP contribution in [-0.4, -0.2) is 44.7 Å². The van der Waals surface area contributed by atoms with Crippen LogP contribution in [0.15, 0.2) is 24.3 Å².